The lowest BCUT2D eigenvalue weighted by molar-refractivity contribution is 0.0697. The Morgan fingerprint density at radius 3 is 2.64 bits per heavy atom. The normalized spacial score (nSPS) is 17.2. The van der Waals surface area contributed by atoms with Gasteiger partial charge in [0.05, 0.1) is 11.3 Å². The molecule has 2 aromatic rings. The summed E-state index contributed by atoms with van der Waals surface area (Å²) in [5.41, 5.74) is 15.3. The van der Waals surface area contributed by atoms with Crippen molar-refractivity contribution in [2.24, 2.45) is 0 Å². The molecule has 2 atom stereocenters. The van der Waals surface area contributed by atoms with Gasteiger partial charge in [0.15, 0.2) is 0 Å². The van der Waals surface area contributed by atoms with Gasteiger partial charge in [0.25, 0.3) is 0 Å². The van der Waals surface area contributed by atoms with Crippen LogP contribution in [0.4, 0.5) is 11.8 Å². The molecular weight excluding hydrogens is 316 g/mol. The zero-order valence-corrected chi connectivity index (χ0v) is 14.4. The van der Waals surface area contributed by atoms with E-state index in [0.717, 1.165) is 43.4 Å². The van der Waals surface area contributed by atoms with Gasteiger partial charge >= 0.3 is 5.97 Å². The molecule has 0 radical (unpaired) electrons. The van der Waals surface area contributed by atoms with Crippen LogP contribution in [-0.4, -0.2) is 21.0 Å². The van der Waals surface area contributed by atoms with Crippen molar-refractivity contribution in [3.05, 3.63) is 46.6 Å². The number of anilines is 2. The lowest BCUT2D eigenvalue weighted by Gasteiger charge is -2.19. The molecular formula is C19H24N4O2. The SMILES string of the molecule is CCC(CCC1CCc2nc(N)nc(N)c21)c1ccc(C(=O)O)cc1. The van der Waals surface area contributed by atoms with Crippen molar-refractivity contribution in [2.45, 2.75) is 50.9 Å². The number of aryl methyl sites for hydroxylation is 1. The Labute approximate surface area is 147 Å². The number of aromatic nitrogens is 2. The third-order valence-electron chi connectivity index (χ3n) is 5.19. The molecule has 25 heavy (non-hydrogen) atoms. The van der Waals surface area contributed by atoms with Gasteiger partial charge in [-0.1, -0.05) is 19.1 Å². The standard InChI is InChI=1S/C19H24N4O2/c1-2-11(12-4-7-14(8-5-12)18(24)25)3-6-13-9-10-15-16(13)17(20)23-19(21)22-15/h4-5,7-8,11,13H,2-3,6,9-10H2,1H3,(H,24,25)(H4,20,21,22,23). The molecule has 1 aliphatic carbocycles. The maximum Gasteiger partial charge on any atom is 0.335 e. The first kappa shape index (κ1) is 17.2. The van der Waals surface area contributed by atoms with Gasteiger partial charge in [-0.05, 0) is 61.6 Å². The summed E-state index contributed by atoms with van der Waals surface area (Å²) in [6.45, 7) is 2.16. The minimum absolute atomic E-state index is 0.252. The highest BCUT2D eigenvalue weighted by Crippen LogP contribution is 2.40. The maximum absolute atomic E-state index is 11.0. The highest BCUT2D eigenvalue weighted by Gasteiger charge is 2.28. The van der Waals surface area contributed by atoms with Gasteiger partial charge in [-0.25, -0.2) is 9.78 Å². The van der Waals surface area contributed by atoms with Crippen LogP contribution in [0.5, 0.6) is 0 Å². The molecule has 6 heteroatoms. The summed E-state index contributed by atoms with van der Waals surface area (Å²) in [6.07, 6.45) is 4.99. The Bertz CT molecular complexity index is 774. The summed E-state index contributed by atoms with van der Waals surface area (Å²) in [5, 5.41) is 9.02. The van der Waals surface area contributed by atoms with Crippen molar-refractivity contribution in [3.63, 3.8) is 0 Å². The van der Waals surface area contributed by atoms with Crippen LogP contribution in [0, 0.1) is 0 Å². The van der Waals surface area contributed by atoms with Gasteiger partial charge in [-0.2, -0.15) is 4.98 Å². The topological polar surface area (TPSA) is 115 Å². The van der Waals surface area contributed by atoms with Crippen molar-refractivity contribution in [1.82, 2.24) is 9.97 Å². The van der Waals surface area contributed by atoms with E-state index < -0.39 is 5.97 Å². The molecule has 1 aromatic carbocycles. The van der Waals surface area contributed by atoms with Crippen LogP contribution < -0.4 is 11.5 Å². The van der Waals surface area contributed by atoms with Gasteiger partial charge < -0.3 is 16.6 Å². The molecule has 0 amide bonds. The van der Waals surface area contributed by atoms with E-state index in [0.29, 0.717) is 23.2 Å². The van der Waals surface area contributed by atoms with E-state index in [1.165, 1.54) is 5.56 Å². The molecule has 0 saturated heterocycles. The molecule has 1 aliphatic rings. The average molecular weight is 340 g/mol. The van der Waals surface area contributed by atoms with Crippen molar-refractivity contribution in [1.29, 1.82) is 0 Å². The summed E-state index contributed by atoms with van der Waals surface area (Å²) in [7, 11) is 0. The fraction of sp³-hybridized carbons (Fsp3) is 0.421. The molecule has 0 aliphatic heterocycles. The first-order valence-corrected chi connectivity index (χ1v) is 8.74. The Balaban J connectivity index is 1.70. The van der Waals surface area contributed by atoms with Gasteiger partial charge in [-0.15, -0.1) is 0 Å². The molecule has 132 valence electrons. The number of nitrogens with zero attached hydrogens (tertiary/aromatic N) is 2. The molecule has 0 spiro atoms. The number of carbonyl (C=O) groups is 1. The Morgan fingerprint density at radius 2 is 2.00 bits per heavy atom. The molecule has 3 rings (SSSR count). The van der Waals surface area contributed by atoms with E-state index in [1.54, 1.807) is 12.1 Å². The molecule has 0 fully saturated rings. The van der Waals surface area contributed by atoms with E-state index in [2.05, 4.69) is 16.9 Å². The second-order valence-electron chi connectivity index (χ2n) is 6.67. The number of benzene rings is 1. The van der Waals surface area contributed by atoms with Crippen LogP contribution in [0.3, 0.4) is 0 Å². The van der Waals surface area contributed by atoms with Gasteiger partial charge in [0.1, 0.15) is 5.82 Å². The minimum atomic E-state index is -0.892. The van der Waals surface area contributed by atoms with E-state index in [1.807, 2.05) is 12.1 Å². The fourth-order valence-corrected chi connectivity index (χ4v) is 3.84. The first-order valence-electron chi connectivity index (χ1n) is 8.74. The predicted octanol–water partition coefficient (Wildman–Crippen LogP) is 3.34. The summed E-state index contributed by atoms with van der Waals surface area (Å²) in [5.74, 6) is 0.661. The number of fused-ring (bicyclic) bond motifs is 1. The van der Waals surface area contributed by atoms with Gasteiger partial charge in [-0.3, -0.25) is 0 Å². The fourth-order valence-electron chi connectivity index (χ4n) is 3.84. The highest BCUT2D eigenvalue weighted by molar-refractivity contribution is 5.87. The summed E-state index contributed by atoms with van der Waals surface area (Å²) in [6, 6.07) is 7.22. The number of carboxylic acids is 1. The quantitative estimate of drug-likeness (QED) is 0.743. The lowest BCUT2D eigenvalue weighted by atomic mass is 9.86. The van der Waals surface area contributed by atoms with Crippen molar-refractivity contribution in [3.8, 4) is 0 Å². The van der Waals surface area contributed by atoms with Crippen molar-refractivity contribution >= 4 is 17.7 Å². The summed E-state index contributed by atoms with van der Waals surface area (Å²) < 4.78 is 0. The van der Waals surface area contributed by atoms with Gasteiger partial charge in [0.2, 0.25) is 5.95 Å². The smallest absolute Gasteiger partial charge is 0.335 e. The zero-order chi connectivity index (χ0) is 18.0. The first-order chi connectivity index (χ1) is 12.0. The van der Waals surface area contributed by atoms with Crippen LogP contribution in [0.2, 0.25) is 0 Å². The minimum Gasteiger partial charge on any atom is -0.478 e. The Hall–Kier alpha value is -2.63. The number of carboxylic acid groups (broad SMARTS) is 1. The van der Waals surface area contributed by atoms with Crippen LogP contribution in [0.1, 0.15) is 71.6 Å². The number of nitrogen functional groups attached to an aromatic ring is 2. The average Bonchev–Trinajstić information content (AvgIpc) is 2.99. The number of aromatic carboxylic acids is 1. The number of hydrogen-bond acceptors (Lipinski definition) is 5. The van der Waals surface area contributed by atoms with Gasteiger partial charge in [0, 0.05) is 5.56 Å². The maximum atomic E-state index is 11.0. The van der Waals surface area contributed by atoms with Crippen LogP contribution in [-0.2, 0) is 6.42 Å². The van der Waals surface area contributed by atoms with E-state index in [9.17, 15) is 4.79 Å². The Morgan fingerprint density at radius 1 is 1.28 bits per heavy atom. The van der Waals surface area contributed by atoms with E-state index in [4.69, 9.17) is 16.6 Å². The van der Waals surface area contributed by atoms with Crippen LogP contribution in [0.25, 0.3) is 0 Å². The zero-order valence-electron chi connectivity index (χ0n) is 14.4. The van der Waals surface area contributed by atoms with Crippen molar-refractivity contribution < 1.29 is 9.90 Å². The highest BCUT2D eigenvalue weighted by atomic mass is 16.4. The Kier molecular flexibility index (Phi) is 4.88. The third kappa shape index (κ3) is 3.57. The van der Waals surface area contributed by atoms with E-state index >= 15 is 0 Å². The molecule has 6 nitrogen and oxygen atoms in total. The summed E-state index contributed by atoms with van der Waals surface area (Å²) >= 11 is 0. The molecule has 1 heterocycles. The molecule has 1 aromatic heterocycles. The number of hydrogen-bond donors (Lipinski definition) is 3. The molecule has 5 N–H and O–H groups in total. The van der Waals surface area contributed by atoms with Crippen molar-refractivity contribution in [2.75, 3.05) is 11.5 Å². The van der Waals surface area contributed by atoms with Crippen LogP contribution >= 0.6 is 0 Å². The molecule has 0 saturated carbocycles. The molecule has 2 unspecified atom stereocenters. The van der Waals surface area contributed by atoms with E-state index in [-0.39, 0.29) is 5.95 Å². The second-order valence-corrected chi connectivity index (χ2v) is 6.67. The monoisotopic (exact) mass is 340 g/mol. The molecule has 0 bridgehead atoms. The lowest BCUT2D eigenvalue weighted by Crippen LogP contribution is -2.08. The largest absolute Gasteiger partial charge is 0.478 e. The summed E-state index contributed by atoms with van der Waals surface area (Å²) in [4.78, 5) is 19.4. The third-order valence-corrected chi connectivity index (χ3v) is 5.19. The second kappa shape index (κ2) is 7.09. The predicted molar refractivity (Wildman–Crippen MR) is 97.6 cm³/mol. The van der Waals surface area contributed by atoms with Crippen LogP contribution in [0.15, 0.2) is 24.3 Å². The number of nitrogens with two attached hydrogens (primary N) is 2. The number of rotatable bonds is 6.